The summed E-state index contributed by atoms with van der Waals surface area (Å²) in [5, 5.41) is -5.17. The summed E-state index contributed by atoms with van der Waals surface area (Å²) in [6.45, 7) is 0. The normalized spacial score (nSPS) is 24.5. The molecule has 0 bridgehead atoms. The van der Waals surface area contributed by atoms with Crippen LogP contribution in [-0.4, -0.2) is 42.1 Å². The molecule has 8 nitrogen and oxygen atoms in total. The lowest BCUT2D eigenvalue weighted by atomic mass is 9.90. The number of alkyl halides is 2. The first kappa shape index (κ1) is 23.6. The standard InChI is InChI=1S/C15H11F2I3O8S/c16-15(17,29(23,24)25)13(22)26-6-1-3-14(4-2-6)27-11-9(12(21)28-14)7(18)5-8(19)10(11)20/h5-6H,1-4H2,(H,23,24,25)/p-1. The van der Waals surface area contributed by atoms with Crippen molar-refractivity contribution in [3.8, 4) is 5.75 Å². The van der Waals surface area contributed by atoms with Gasteiger partial charge in [0.1, 0.15) is 11.7 Å². The van der Waals surface area contributed by atoms with Crippen molar-refractivity contribution in [2.24, 2.45) is 0 Å². The van der Waals surface area contributed by atoms with E-state index >= 15 is 0 Å². The van der Waals surface area contributed by atoms with Crippen LogP contribution < -0.4 is 4.74 Å². The highest BCUT2D eigenvalue weighted by molar-refractivity contribution is 14.1. The molecule has 1 fully saturated rings. The van der Waals surface area contributed by atoms with Gasteiger partial charge >= 0.3 is 17.2 Å². The van der Waals surface area contributed by atoms with Gasteiger partial charge in [0.25, 0.3) is 5.79 Å². The minimum absolute atomic E-state index is 0.0269. The molecule has 1 heterocycles. The number of fused-ring (bicyclic) bond motifs is 1. The van der Waals surface area contributed by atoms with Crippen molar-refractivity contribution in [1.29, 1.82) is 0 Å². The zero-order chi connectivity index (χ0) is 21.8. The highest BCUT2D eigenvalue weighted by Crippen LogP contribution is 2.45. The molecule has 14 heteroatoms. The van der Waals surface area contributed by atoms with Gasteiger partial charge in [-0.05, 0) is 86.7 Å². The molecule has 3 rings (SSSR count). The summed E-state index contributed by atoms with van der Waals surface area (Å²) < 4.78 is 76.4. The average molecular weight is 769 g/mol. The molecule has 2 aliphatic rings. The minimum Gasteiger partial charge on any atom is -0.743 e. The summed E-state index contributed by atoms with van der Waals surface area (Å²) in [7, 11) is -6.19. The number of benzene rings is 1. The molecule has 0 amide bonds. The topological polar surface area (TPSA) is 119 Å². The van der Waals surface area contributed by atoms with Crippen molar-refractivity contribution >= 4 is 89.8 Å². The van der Waals surface area contributed by atoms with Gasteiger partial charge in [-0.3, -0.25) is 0 Å². The minimum atomic E-state index is -6.19. The molecule has 0 unspecified atom stereocenters. The first-order valence-corrected chi connectivity index (χ1v) is 12.6. The zero-order valence-electron chi connectivity index (χ0n) is 14.0. The number of esters is 2. The highest BCUT2D eigenvalue weighted by Gasteiger charge is 2.51. The summed E-state index contributed by atoms with van der Waals surface area (Å²) in [6.07, 6.45) is -1.06. The predicted molar refractivity (Wildman–Crippen MR) is 116 cm³/mol. The molecular formula is C15H10F2I3O8S-. The summed E-state index contributed by atoms with van der Waals surface area (Å²) >= 11 is 6.15. The van der Waals surface area contributed by atoms with E-state index < -0.39 is 39.2 Å². The quantitative estimate of drug-likeness (QED) is 0.199. The van der Waals surface area contributed by atoms with Crippen molar-refractivity contribution in [2.45, 2.75) is 42.8 Å². The van der Waals surface area contributed by atoms with Gasteiger partial charge in [-0.2, -0.15) is 8.78 Å². The van der Waals surface area contributed by atoms with Gasteiger partial charge in [0.2, 0.25) is 0 Å². The molecule has 160 valence electrons. The van der Waals surface area contributed by atoms with Crippen molar-refractivity contribution in [3.05, 3.63) is 22.3 Å². The van der Waals surface area contributed by atoms with E-state index in [0.29, 0.717) is 14.9 Å². The molecule has 0 atom stereocenters. The highest BCUT2D eigenvalue weighted by atomic mass is 127. The Morgan fingerprint density at radius 1 is 1.21 bits per heavy atom. The SMILES string of the molecule is O=C1OC2(CCC(OC(=O)C(F)(F)S(=O)(=O)[O-])CC2)Oc2c(I)c(I)cc(I)c21. The average Bonchev–Trinajstić information content (AvgIpc) is 2.60. The van der Waals surface area contributed by atoms with E-state index in [9.17, 15) is 31.3 Å². The van der Waals surface area contributed by atoms with Gasteiger partial charge in [-0.1, -0.05) is 0 Å². The third-order valence-electron chi connectivity index (χ3n) is 4.42. The van der Waals surface area contributed by atoms with Crippen LogP contribution in [0.1, 0.15) is 36.0 Å². The summed E-state index contributed by atoms with van der Waals surface area (Å²) in [5.41, 5.74) is 0.301. The van der Waals surface area contributed by atoms with Gasteiger partial charge in [-0.15, -0.1) is 0 Å². The Morgan fingerprint density at radius 2 is 1.79 bits per heavy atom. The molecule has 0 N–H and O–H groups in total. The number of carbonyl (C=O) groups excluding carboxylic acids is 2. The van der Waals surface area contributed by atoms with E-state index in [1.165, 1.54) is 0 Å². The first-order chi connectivity index (χ1) is 13.3. The van der Waals surface area contributed by atoms with Crippen LogP contribution in [0.15, 0.2) is 6.07 Å². The van der Waals surface area contributed by atoms with Crippen LogP contribution >= 0.6 is 67.8 Å². The van der Waals surface area contributed by atoms with Crippen molar-refractivity contribution < 1.29 is 45.6 Å². The zero-order valence-corrected chi connectivity index (χ0v) is 21.3. The Balaban J connectivity index is 1.74. The maximum Gasteiger partial charge on any atom is 0.428 e. The van der Waals surface area contributed by atoms with Gasteiger partial charge in [0.15, 0.2) is 15.9 Å². The number of hydrogen-bond acceptors (Lipinski definition) is 8. The van der Waals surface area contributed by atoms with Crippen LogP contribution in [0.5, 0.6) is 5.75 Å². The number of carbonyl (C=O) groups is 2. The second-order valence-electron chi connectivity index (χ2n) is 6.34. The van der Waals surface area contributed by atoms with E-state index in [1.54, 1.807) is 0 Å². The van der Waals surface area contributed by atoms with Crippen LogP contribution in [0.25, 0.3) is 0 Å². The lowest BCUT2D eigenvalue weighted by Crippen LogP contribution is -2.50. The van der Waals surface area contributed by atoms with Crippen molar-refractivity contribution in [3.63, 3.8) is 0 Å². The van der Waals surface area contributed by atoms with Crippen LogP contribution in [-0.2, 0) is 24.4 Å². The van der Waals surface area contributed by atoms with Crippen LogP contribution in [0.3, 0.4) is 0 Å². The molecule has 0 saturated heterocycles. The van der Waals surface area contributed by atoms with E-state index in [-0.39, 0.29) is 25.7 Å². The third kappa shape index (κ3) is 4.45. The number of halogens is 5. The second-order valence-corrected chi connectivity index (χ2v) is 11.2. The molecule has 0 aromatic heterocycles. The molecular weight excluding hydrogens is 759 g/mol. The van der Waals surface area contributed by atoms with Crippen LogP contribution in [0.2, 0.25) is 0 Å². The Kier molecular flexibility index (Phi) is 6.60. The number of rotatable bonds is 3. The fourth-order valence-electron chi connectivity index (χ4n) is 2.96. The number of ether oxygens (including phenoxy) is 3. The van der Waals surface area contributed by atoms with Crippen molar-refractivity contribution in [2.75, 3.05) is 0 Å². The Bertz CT molecular complexity index is 990. The van der Waals surface area contributed by atoms with E-state index in [0.717, 1.165) is 7.14 Å². The molecule has 1 aliphatic carbocycles. The van der Waals surface area contributed by atoms with Crippen LogP contribution in [0, 0.1) is 10.7 Å². The molecule has 1 aromatic carbocycles. The van der Waals surface area contributed by atoms with E-state index in [1.807, 2.05) is 51.2 Å². The maximum atomic E-state index is 13.3. The van der Waals surface area contributed by atoms with Crippen LogP contribution in [0.4, 0.5) is 8.78 Å². The Morgan fingerprint density at radius 3 is 2.34 bits per heavy atom. The second kappa shape index (κ2) is 8.12. The summed E-state index contributed by atoms with van der Waals surface area (Å²) in [5.74, 6) is -3.96. The number of hydrogen-bond donors (Lipinski definition) is 0. The predicted octanol–water partition coefficient (Wildman–Crippen LogP) is 3.37. The lowest BCUT2D eigenvalue weighted by Gasteiger charge is -2.42. The van der Waals surface area contributed by atoms with Gasteiger partial charge < -0.3 is 18.8 Å². The van der Waals surface area contributed by atoms with Gasteiger partial charge in [0, 0.05) is 20.0 Å². The fourth-order valence-corrected chi connectivity index (χ4v) is 5.68. The Labute approximate surface area is 204 Å². The van der Waals surface area contributed by atoms with E-state index in [4.69, 9.17) is 9.47 Å². The lowest BCUT2D eigenvalue weighted by molar-refractivity contribution is -0.196. The fraction of sp³-hybridized carbons (Fsp3) is 0.467. The molecule has 1 saturated carbocycles. The van der Waals surface area contributed by atoms with Gasteiger partial charge in [0.05, 0.1) is 3.57 Å². The van der Waals surface area contributed by atoms with E-state index in [2.05, 4.69) is 27.3 Å². The molecule has 1 spiro atoms. The van der Waals surface area contributed by atoms with Crippen molar-refractivity contribution in [1.82, 2.24) is 0 Å². The molecule has 0 radical (unpaired) electrons. The maximum absolute atomic E-state index is 13.3. The largest absolute Gasteiger partial charge is 0.743 e. The molecule has 1 aromatic rings. The molecule has 29 heavy (non-hydrogen) atoms. The Hall–Kier alpha value is -0.0800. The van der Waals surface area contributed by atoms with Gasteiger partial charge in [-0.25, -0.2) is 18.0 Å². The summed E-state index contributed by atoms with van der Waals surface area (Å²) in [6, 6.07) is 1.81. The smallest absolute Gasteiger partial charge is 0.428 e. The summed E-state index contributed by atoms with van der Waals surface area (Å²) in [4.78, 5) is 24.0. The monoisotopic (exact) mass is 769 g/mol. The third-order valence-corrected chi connectivity index (χ3v) is 9.02. The first-order valence-electron chi connectivity index (χ1n) is 7.91. The molecule has 1 aliphatic heterocycles.